The van der Waals surface area contributed by atoms with Crippen molar-refractivity contribution in [3.63, 3.8) is 0 Å². The molecule has 1 aromatic carbocycles. The Bertz CT molecular complexity index is 605. The summed E-state index contributed by atoms with van der Waals surface area (Å²) < 4.78 is 5.64. The third-order valence-corrected chi connectivity index (χ3v) is 4.38. The fourth-order valence-corrected chi connectivity index (χ4v) is 2.78. The van der Waals surface area contributed by atoms with Crippen LogP contribution < -0.4 is 10.1 Å². The Morgan fingerprint density at radius 2 is 2.09 bits per heavy atom. The van der Waals surface area contributed by atoms with Gasteiger partial charge in [0.2, 0.25) is 0 Å². The lowest BCUT2D eigenvalue weighted by Crippen LogP contribution is -2.28. The van der Waals surface area contributed by atoms with E-state index in [0.717, 1.165) is 17.9 Å². The number of thiophene rings is 1. The van der Waals surface area contributed by atoms with Gasteiger partial charge in [0.15, 0.2) is 0 Å². The summed E-state index contributed by atoms with van der Waals surface area (Å²) in [7, 11) is 0. The zero-order chi connectivity index (χ0) is 15.4. The van der Waals surface area contributed by atoms with Gasteiger partial charge in [-0.15, -0.1) is 0 Å². The van der Waals surface area contributed by atoms with Crippen molar-refractivity contribution in [2.24, 2.45) is 5.92 Å². The number of hydrogen-bond acceptors (Lipinski definition) is 4. The van der Waals surface area contributed by atoms with Gasteiger partial charge in [0, 0.05) is 12.1 Å². The van der Waals surface area contributed by atoms with Crippen molar-refractivity contribution in [1.82, 2.24) is 5.32 Å². The minimum atomic E-state index is -0.670. The van der Waals surface area contributed by atoms with Crippen LogP contribution in [0.15, 0.2) is 41.1 Å². The smallest absolute Gasteiger partial charge is 0.251 e. The van der Waals surface area contributed by atoms with Crippen molar-refractivity contribution in [1.29, 1.82) is 0 Å². The predicted molar refractivity (Wildman–Crippen MR) is 86.3 cm³/mol. The molecule has 0 radical (unpaired) electrons. The fourth-order valence-electron chi connectivity index (χ4n) is 2.08. The van der Waals surface area contributed by atoms with Gasteiger partial charge in [-0.3, -0.25) is 4.79 Å². The molecular formula is C17H19NO3S. The molecule has 1 aromatic heterocycles. The number of benzene rings is 1. The van der Waals surface area contributed by atoms with E-state index in [-0.39, 0.29) is 12.5 Å². The summed E-state index contributed by atoms with van der Waals surface area (Å²) in [4.78, 5) is 12.0. The fraction of sp³-hybridized carbons (Fsp3) is 0.353. The summed E-state index contributed by atoms with van der Waals surface area (Å²) in [5.74, 6) is 1.31. The highest BCUT2D eigenvalue weighted by molar-refractivity contribution is 7.07. The number of hydrogen-bond donors (Lipinski definition) is 2. The third kappa shape index (κ3) is 4.08. The maximum absolute atomic E-state index is 12.0. The summed E-state index contributed by atoms with van der Waals surface area (Å²) >= 11 is 1.52. The van der Waals surface area contributed by atoms with Gasteiger partial charge in [0.1, 0.15) is 5.75 Å². The number of ether oxygens (including phenoxy) is 1. The molecule has 22 heavy (non-hydrogen) atoms. The van der Waals surface area contributed by atoms with E-state index in [0.29, 0.717) is 11.5 Å². The molecule has 0 aliphatic heterocycles. The van der Waals surface area contributed by atoms with Crippen molar-refractivity contribution in [3.8, 4) is 5.75 Å². The van der Waals surface area contributed by atoms with Crippen molar-refractivity contribution < 1.29 is 14.6 Å². The molecule has 2 N–H and O–H groups in total. The van der Waals surface area contributed by atoms with E-state index in [1.807, 2.05) is 29.0 Å². The molecule has 0 saturated heterocycles. The molecule has 1 fully saturated rings. The van der Waals surface area contributed by atoms with Gasteiger partial charge in [-0.1, -0.05) is 0 Å². The maximum atomic E-state index is 12.0. The lowest BCUT2D eigenvalue weighted by atomic mass is 10.1. The van der Waals surface area contributed by atoms with Crippen molar-refractivity contribution >= 4 is 17.2 Å². The lowest BCUT2D eigenvalue weighted by molar-refractivity contribution is 0.0916. The predicted octanol–water partition coefficient (Wildman–Crippen LogP) is 3.00. The Hall–Kier alpha value is -1.85. The van der Waals surface area contributed by atoms with Crippen LogP contribution in [-0.4, -0.2) is 24.2 Å². The molecule has 1 amide bonds. The highest BCUT2D eigenvalue weighted by Crippen LogP contribution is 2.29. The molecule has 1 heterocycles. The molecule has 116 valence electrons. The van der Waals surface area contributed by atoms with Crippen LogP contribution in [0.4, 0.5) is 0 Å². The minimum absolute atomic E-state index is 0.192. The second-order valence-electron chi connectivity index (χ2n) is 5.56. The van der Waals surface area contributed by atoms with Gasteiger partial charge in [-0.05, 0) is 65.4 Å². The number of rotatable bonds is 7. The number of amides is 1. The number of aliphatic hydroxyl groups excluding tert-OH is 1. The van der Waals surface area contributed by atoms with E-state index >= 15 is 0 Å². The van der Waals surface area contributed by atoms with Gasteiger partial charge < -0.3 is 15.2 Å². The Morgan fingerprint density at radius 1 is 1.32 bits per heavy atom. The summed E-state index contributed by atoms with van der Waals surface area (Å²) in [6.07, 6.45) is 1.84. The van der Waals surface area contributed by atoms with Crippen LogP contribution >= 0.6 is 11.3 Å². The molecule has 5 heteroatoms. The van der Waals surface area contributed by atoms with E-state index in [2.05, 4.69) is 5.32 Å². The average molecular weight is 317 g/mol. The van der Waals surface area contributed by atoms with Crippen LogP contribution in [0.5, 0.6) is 5.75 Å². The topological polar surface area (TPSA) is 58.6 Å². The molecule has 1 aliphatic rings. The number of carbonyl (C=O) groups is 1. The van der Waals surface area contributed by atoms with Gasteiger partial charge in [-0.2, -0.15) is 11.3 Å². The second kappa shape index (κ2) is 6.94. The van der Waals surface area contributed by atoms with Gasteiger partial charge in [-0.25, -0.2) is 0 Å². The highest BCUT2D eigenvalue weighted by atomic mass is 32.1. The average Bonchev–Trinajstić information content (AvgIpc) is 3.22. The van der Waals surface area contributed by atoms with E-state index in [1.54, 1.807) is 12.1 Å². The molecule has 4 nitrogen and oxygen atoms in total. The van der Waals surface area contributed by atoms with E-state index in [1.165, 1.54) is 24.2 Å². The quantitative estimate of drug-likeness (QED) is 0.825. The van der Waals surface area contributed by atoms with Crippen molar-refractivity contribution in [2.75, 3.05) is 13.2 Å². The molecule has 1 atom stereocenters. The Kier molecular flexibility index (Phi) is 4.75. The normalized spacial score (nSPS) is 15.3. The monoisotopic (exact) mass is 317 g/mol. The Balaban J connectivity index is 1.48. The van der Waals surface area contributed by atoms with Crippen LogP contribution in [0.25, 0.3) is 0 Å². The first-order chi connectivity index (χ1) is 10.7. The maximum Gasteiger partial charge on any atom is 0.251 e. The highest BCUT2D eigenvalue weighted by Gasteiger charge is 2.21. The van der Waals surface area contributed by atoms with Crippen LogP contribution in [0.2, 0.25) is 0 Å². The summed E-state index contributed by atoms with van der Waals surface area (Å²) in [6, 6.07) is 8.97. The Morgan fingerprint density at radius 3 is 2.73 bits per heavy atom. The molecule has 0 bridgehead atoms. The second-order valence-corrected chi connectivity index (χ2v) is 6.34. The SMILES string of the molecule is O=C(NCC(O)c1ccsc1)c1ccc(OCC2CC2)cc1. The van der Waals surface area contributed by atoms with Crippen LogP contribution in [0.3, 0.4) is 0 Å². The summed E-state index contributed by atoms with van der Waals surface area (Å²) in [5.41, 5.74) is 1.39. The van der Waals surface area contributed by atoms with Crippen LogP contribution in [0, 0.1) is 5.92 Å². The molecular weight excluding hydrogens is 298 g/mol. The number of nitrogens with one attached hydrogen (secondary N) is 1. The number of carbonyl (C=O) groups excluding carboxylic acids is 1. The number of aliphatic hydroxyl groups is 1. The molecule has 1 unspecified atom stereocenters. The molecule has 1 aliphatic carbocycles. The first kappa shape index (κ1) is 15.1. The van der Waals surface area contributed by atoms with Gasteiger partial charge >= 0.3 is 0 Å². The molecule has 3 rings (SSSR count). The largest absolute Gasteiger partial charge is 0.493 e. The summed E-state index contributed by atoms with van der Waals surface area (Å²) in [6.45, 7) is 0.966. The minimum Gasteiger partial charge on any atom is -0.493 e. The summed E-state index contributed by atoms with van der Waals surface area (Å²) in [5, 5.41) is 16.5. The van der Waals surface area contributed by atoms with E-state index < -0.39 is 6.10 Å². The zero-order valence-corrected chi connectivity index (χ0v) is 13.0. The third-order valence-electron chi connectivity index (χ3n) is 3.68. The first-order valence-corrected chi connectivity index (χ1v) is 8.38. The first-order valence-electron chi connectivity index (χ1n) is 7.43. The van der Waals surface area contributed by atoms with Gasteiger partial charge in [0.25, 0.3) is 5.91 Å². The molecule has 2 aromatic rings. The molecule has 0 spiro atoms. The molecule has 1 saturated carbocycles. The van der Waals surface area contributed by atoms with Gasteiger partial charge in [0.05, 0.1) is 12.7 Å². The van der Waals surface area contributed by atoms with Crippen molar-refractivity contribution in [2.45, 2.75) is 18.9 Å². The van der Waals surface area contributed by atoms with E-state index in [9.17, 15) is 9.90 Å². The zero-order valence-electron chi connectivity index (χ0n) is 12.2. The van der Waals surface area contributed by atoms with Crippen LogP contribution in [0.1, 0.15) is 34.9 Å². The standard InChI is InChI=1S/C17H19NO3S/c19-16(14-7-8-22-11-14)9-18-17(20)13-3-5-15(6-4-13)21-10-12-1-2-12/h3-8,11-12,16,19H,1-2,9-10H2,(H,18,20). The lowest BCUT2D eigenvalue weighted by Gasteiger charge is -2.11. The van der Waals surface area contributed by atoms with Crippen molar-refractivity contribution in [3.05, 3.63) is 52.2 Å². The van der Waals surface area contributed by atoms with E-state index in [4.69, 9.17) is 4.74 Å². The Labute approximate surface area is 133 Å². The van der Waals surface area contributed by atoms with Crippen LogP contribution in [-0.2, 0) is 0 Å².